The van der Waals surface area contributed by atoms with Crippen LogP contribution in [0.4, 0.5) is 0 Å². The van der Waals surface area contributed by atoms with Gasteiger partial charge in [-0.3, -0.25) is 9.69 Å². The average molecular weight is 460 g/mol. The van der Waals surface area contributed by atoms with Crippen LogP contribution in [0.2, 0.25) is 0 Å². The molecule has 5 aliphatic rings. The van der Waals surface area contributed by atoms with E-state index in [9.17, 15) is 4.79 Å². The number of ketones is 1. The minimum Gasteiger partial charge on any atom is -0.493 e. The molecule has 2 aliphatic heterocycles. The summed E-state index contributed by atoms with van der Waals surface area (Å²) in [6.45, 7) is 2.30. The van der Waals surface area contributed by atoms with Gasteiger partial charge in [0.05, 0.1) is 13.0 Å². The Morgan fingerprint density at radius 1 is 1.15 bits per heavy atom. The lowest BCUT2D eigenvalue weighted by molar-refractivity contribution is -0.133. The van der Waals surface area contributed by atoms with Crippen LogP contribution in [-0.4, -0.2) is 56.2 Å². The Morgan fingerprint density at radius 2 is 1.97 bits per heavy atom. The first-order valence-electron chi connectivity index (χ1n) is 12.9. The topological polar surface area (TPSA) is 48.0 Å². The first kappa shape index (κ1) is 21.0. The molecule has 0 aromatic heterocycles. The number of ether oxygens (including phenoxy) is 3. The van der Waals surface area contributed by atoms with Gasteiger partial charge >= 0.3 is 0 Å². The number of hydrogen-bond acceptors (Lipinski definition) is 5. The van der Waals surface area contributed by atoms with Crippen molar-refractivity contribution in [2.24, 2.45) is 17.8 Å². The summed E-state index contributed by atoms with van der Waals surface area (Å²) in [6, 6.07) is 14.5. The zero-order chi connectivity index (χ0) is 23.0. The van der Waals surface area contributed by atoms with E-state index in [1.54, 1.807) is 14.2 Å². The molecule has 2 heterocycles. The molecule has 0 N–H and O–H groups in total. The van der Waals surface area contributed by atoms with Crippen LogP contribution in [0, 0.1) is 17.8 Å². The van der Waals surface area contributed by atoms with Gasteiger partial charge in [-0.15, -0.1) is 0 Å². The predicted molar refractivity (Wildman–Crippen MR) is 129 cm³/mol. The van der Waals surface area contributed by atoms with E-state index in [2.05, 4.69) is 17.0 Å². The zero-order valence-corrected chi connectivity index (χ0v) is 20.0. The van der Waals surface area contributed by atoms with E-state index in [-0.39, 0.29) is 29.3 Å². The Balaban J connectivity index is 1.36. The number of benzene rings is 2. The summed E-state index contributed by atoms with van der Waals surface area (Å²) >= 11 is 0. The van der Waals surface area contributed by atoms with Gasteiger partial charge in [0.25, 0.3) is 0 Å². The third kappa shape index (κ3) is 2.77. The lowest BCUT2D eigenvalue weighted by Crippen LogP contribution is -2.69. The fourth-order valence-corrected chi connectivity index (χ4v) is 7.94. The van der Waals surface area contributed by atoms with E-state index in [4.69, 9.17) is 14.2 Å². The predicted octanol–water partition coefficient (Wildman–Crippen LogP) is 4.27. The molecule has 2 aromatic carbocycles. The van der Waals surface area contributed by atoms with E-state index in [0.717, 1.165) is 48.8 Å². The van der Waals surface area contributed by atoms with Gasteiger partial charge in [0.2, 0.25) is 0 Å². The van der Waals surface area contributed by atoms with Crippen molar-refractivity contribution in [3.63, 3.8) is 0 Å². The monoisotopic (exact) mass is 459 g/mol. The minimum atomic E-state index is -0.275. The van der Waals surface area contributed by atoms with E-state index in [1.165, 1.54) is 30.5 Å². The van der Waals surface area contributed by atoms with Gasteiger partial charge in [0.15, 0.2) is 17.3 Å². The molecule has 0 amide bonds. The molecule has 2 aromatic rings. The maximum absolute atomic E-state index is 13.8. The number of likely N-dealkylation sites (tertiary alicyclic amines) is 1. The number of methoxy groups -OCH3 is 2. The number of rotatable bonds is 6. The molecule has 34 heavy (non-hydrogen) atoms. The van der Waals surface area contributed by atoms with Gasteiger partial charge in [-0.05, 0) is 62.1 Å². The highest BCUT2D eigenvalue weighted by atomic mass is 16.6. The number of carbonyl (C=O) groups is 1. The lowest BCUT2D eigenvalue weighted by atomic mass is 9.49. The molecular weight excluding hydrogens is 426 g/mol. The Kier molecular flexibility index (Phi) is 4.66. The smallest absolute Gasteiger partial charge is 0.168 e. The van der Waals surface area contributed by atoms with Crippen LogP contribution in [0.5, 0.6) is 11.5 Å². The Labute approximate surface area is 201 Å². The van der Waals surface area contributed by atoms with Crippen LogP contribution in [0.25, 0.3) is 0 Å². The molecule has 6 atom stereocenters. The summed E-state index contributed by atoms with van der Waals surface area (Å²) in [4.78, 5) is 16.6. The summed E-state index contributed by atoms with van der Waals surface area (Å²) in [7, 11) is 3.47. The maximum Gasteiger partial charge on any atom is 0.168 e. The molecule has 7 rings (SSSR count). The first-order chi connectivity index (χ1) is 16.7. The molecule has 178 valence electrons. The normalized spacial score (nSPS) is 35.4. The molecule has 5 nitrogen and oxygen atoms in total. The largest absolute Gasteiger partial charge is 0.493 e. The van der Waals surface area contributed by atoms with Crippen LogP contribution in [-0.2, 0) is 16.6 Å². The molecule has 3 fully saturated rings. The van der Waals surface area contributed by atoms with Crippen molar-refractivity contribution in [3.05, 3.63) is 59.2 Å². The van der Waals surface area contributed by atoms with Crippen LogP contribution >= 0.6 is 0 Å². The summed E-state index contributed by atoms with van der Waals surface area (Å²) in [5.41, 5.74) is 3.44. The SMILES string of the molecule is COc1ccc2c3c1OC1C(OC)C(C(=O)c4ccccc4)CC4C(C2)N(CC2CC2)CCC341. The van der Waals surface area contributed by atoms with Crippen molar-refractivity contribution in [2.75, 3.05) is 27.3 Å². The Morgan fingerprint density at radius 3 is 2.71 bits per heavy atom. The Bertz CT molecular complexity index is 1130. The molecule has 1 spiro atoms. The van der Waals surface area contributed by atoms with E-state index in [1.807, 2.05) is 30.3 Å². The van der Waals surface area contributed by atoms with E-state index in [0.29, 0.717) is 12.0 Å². The molecule has 6 unspecified atom stereocenters. The number of hydrogen-bond donors (Lipinski definition) is 0. The average Bonchev–Trinajstić information content (AvgIpc) is 3.63. The van der Waals surface area contributed by atoms with Crippen LogP contribution in [0.15, 0.2) is 42.5 Å². The molecule has 2 bridgehead atoms. The first-order valence-corrected chi connectivity index (χ1v) is 12.9. The molecule has 0 radical (unpaired) electrons. The summed E-state index contributed by atoms with van der Waals surface area (Å²) < 4.78 is 18.8. The second-order valence-electron chi connectivity index (χ2n) is 11.0. The fraction of sp³-hybridized carbons (Fsp3) is 0.552. The lowest BCUT2D eigenvalue weighted by Gasteiger charge is -2.60. The van der Waals surface area contributed by atoms with Gasteiger partial charge in [-0.2, -0.15) is 0 Å². The minimum absolute atomic E-state index is 0.101. The third-order valence-electron chi connectivity index (χ3n) is 9.54. The summed E-state index contributed by atoms with van der Waals surface area (Å²) in [5, 5.41) is 0. The van der Waals surface area contributed by atoms with Crippen molar-refractivity contribution in [1.82, 2.24) is 4.90 Å². The van der Waals surface area contributed by atoms with Crippen LogP contribution in [0.1, 0.15) is 47.2 Å². The molecule has 1 saturated heterocycles. The van der Waals surface area contributed by atoms with E-state index < -0.39 is 0 Å². The van der Waals surface area contributed by atoms with Gasteiger partial charge in [-0.1, -0.05) is 36.4 Å². The molecule has 3 aliphatic carbocycles. The van der Waals surface area contributed by atoms with Gasteiger partial charge < -0.3 is 14.2 Å². The maximum atomic E-state index is 13.8. The van der Waals surface area contributed by atoms with Crippen molar-refractivity contribution >= 4 is 5.78 Å². The standard InChI is InChI=1S/C29H33NO4/c1-32-23-11-10-19-14-22-21-15-20(25(31)18-6-4-3-5-7-18)26(33-2)28-29(21,24(19)27(23)34-28)12-13-30(22)16-17-8-9-17/h3-7,10-11,17,20-22,26,28H,8-9,12-16H2,1-2H3. The zero-order valence-electron chi connectivity index (χ0n) is 20.0. The van der Waals surface area contributed by atoms with E-state index >= 15 is 0 Å². The number of piperidine rings is 1. The summed E-state index contributed by atoms with van der Waals surface area (Å²) in [6.07, 6.45) is 5.24. The highest BCUT2D eigenvalue weighted by molar-refractivity contribution is 5.98. The van der Waals surface area contributed by atoms with Gasteiger partial charge in [0, 0.05) is 36.2 Å². The van der Waals surface area contributed by atoms with Crippen LogP contribution in [0.3, 0.4) is 0 Å². The van der Waals surface area contributed by atoms with Gasteiger partial charge in [0.1, 0.15) is 12.2 Å². The number of carbonyl (C=O) groups excluding carboxylic acids is 1. The highest BCUT2D eigenvalue weighted by Gasteiger charge is 2.68. The Hall–Kier alpha value is -2.37. The van der Waals surface area contributed by atoms with Gasteiger partial charge in [-0.25, -0.2) is 0 Å². The number of Topliss-reactive ketones (excluding diaryl/α,β-unsaturated/α-hetero) is 1. The third-order valence-corrected chi connectivity index (χ3v) is 9.54. The molecular formula is C29H33NO4. The second kappa shape index (κ2) is 7.56. The van der Waals surface area contributed by atoms with Crippen LogP contribution < -0.4 is 9.47 Å². The van der Waals surface area contributed by atoms with Crippen molar-refractivity contribution in [1.29, 1.82) is 0 Å². The van der Waals surface area contributed by atoms with Crippen molar-refractivity contribution in [2.45, 2.75) is 55.8 Å². The molecule has 2 saturated carbocycles. The fourth-order valence-electron chi connectivity index (χ4n) is 7.94. The quantitative estimate of drug-likeness (QED) is 0.604. The van der Waals surface area contributed by atoms with Crippen molar-refractivity contribution in [3.8, 4) is 11.5 Å². The number of nitrogens with zero attached hydrogens (tertiary/aromatic N) is 1. The second-order valence-corrected chi connectivity index (χ2v) is 11.0. The molecule has 5 heteroatoms. The highest BCUT2D eigenvalue weighted by Crippen LogP contribution is 2.65. The summed E-state index contributed by atoms with van der Waals surface area (Å²) in [5.74, 6) is 2.93. The van der Waals surface area contributed by atoms with Crippen molar-refractivity contribution < 1.29 is 19.0 Å².